The monoisotopic (exact) mass is 349 g/mol. The van der Waals surface area contributed by atoms with E-state index in [1.54, 1.807) is 23.5 Å². The Hall–Kier alpha value is -2.43. The Labute approximate surface area is 151 Å². The van der Waals surface area contributed by atoms with Gasteiger partial charge in [-0.3, -0.25) is 4.79 Å². The molecule has 3 aromatic rings. The van der Waals surface area contributed by atoms with E-state index >= 15 is 0 Å². The summed E-state index contributed by atoms with van der Waals surface area (Å²) < 4.78 is 5.41. The molecule has 0 aliphatic carbocycles. The first-order chi connectivity index (χ1) is 12.3. The number of benzene rings is 2. The zero-order valence-corrected chi connectivity index (χ0v) is 14.7. The largest absolute Gasteiger partial charge is 0.378 e. The second-order valence-electron chi connectivity index (χ2n) is 6.04. The van der Waals surface area contributed by atoms with Gasteiger partial charge in [-0.05, 0) is 16.7 Å². The smallest absolute Gasteiger partial charge is 0.182 e. The van der Waals surface area contributed by atoms with Crippen LogP contribution in [0.5, 0.6) is 0 Å². The van der Waals surface area contributed by atoms with E-state index in [1.807, 2.05) is 18.2 Å². The molecule has 2 aromatic carbocycles. The zero-order chi connectivity index (χ0) is 17.1. The molecule has 0 N–H and O–H groups in total. The highest BCUT2D eigenvalue weighted by Crippen LogP contribution is 2.31. The van der Waals surface area contributed by atoms with Crippen molar-refractivity contribution < 1.29 is 4.74 Å². The van der Waals surface area contributed by atoms with E-state index < -0.39 is 0 Å². The van der Waals surface area contributed by atoms with Crippen LogP contribution in [-0.2, 0) is 4.74 Å². The Morgan fingerprint density at radius 3 is 2.16 bits per heavy atom. The second kappa shape index (κ2) is 7.21. The number of anilines is 1. The normalized spacial score (nSPS) is 14.5. The van der Waals surface area contributed by atoms with Crippen LogP contribution in [0.2, 0.25) is 0 Å². The maximum atomic E-state index is 12.2. The number of rotatable bonds is 3. The van der Waals surface area contributed by atoms with Gasteiger partial charge in [-0.1, -0.05) is 54.6 Å². The summed E-state index contributed by atoms with van der Waals surface area (Å²) in [4.78, 5) is 15.4. The number of nitrogens with zero attached hydrogens (tertiary/aromatic N) is 1. The van der Waals surface area contributed by atoms with Crippen LogP contribution < -0.4 is 10.3 Å². The molecule has 4 heteroatoms. The molecule has 3 nitrogen and oxygen atoms in total. The van der Waals surface area contributed by atoms with Crippen molar-refractivity contribution in [3.05, 3.63) is 77.0 Å². The van der Waals surface area contributed by atoms with Crippen molar-refractivity contribution in [2.75, 3.05) is 31.2 Å². The van der Waals surface area contributed by atoms with Crippen LogP contribution in [0, 0.1) is 0 Å². The maximum Gasteiger partial charge on any atom is 0.182 e. The minimum atomic E-state index is 0.0578. The van der Waals surface area contributed by atoms with Crippen molar-refractivity contribution >= 4 is 16.3 Å². The van der Waals surface area contributed by atoms with Gasteiger partial charge in [-0.25, -0.2) is 0 Å². The summed E-state index contributed by atoms with van der Waals surface area (Å²) in [6, 6.07) is 22.2. The summed E-state index contributed by atoms with van der Waals surface area (Å²) in [5, 5.41) is 1.03. The second-order valence-corrected chi connectivity index (χ2v) is 7.10. The molecular weight excluding hydrogens is 330 g/mol. The SMILES string of the molecule is O=c1cc(-c2ccc(-c3ccccc3)cc2)sc(N2CCOCC2)c1. The predicted molar refractivity (Wildman–Crippen MR) is 104 cm³/mol. The highest BCUT2D eigenvalue weighted by Gasteiger charge is 2.14. The van der Waals surface area contributed by atoms with Crippen molar-refractivity contribution in [1.82, 2.24) is 0 Å². The Balaban J connectivity index is 1.65. The lowest BCUT2D eigenvalue weighted by Gasteiger charge is -2.28. The highest BCUT2D eigenvalue weighted by atomic mass is 32.1. The minimum absolute atomic E-state index is 0.0578. The van der Waals surface area contributed by atoms with E-state index in [0.29, 0.717) is 0 Å². The molecular formula is C21H19NO2S. The van der Waals surface area contributed by atoms with Crippen molar-refractivity contribution in [1.29, 1.82) is 0 Å². The third-order valence-corrected chi connectivity index (χ3v) is 5.51. The highest BCUT2D eigenvalue weighted by molar-refractivity contribution is 7.19. The van der Waals surface area contributed by atoms with Crippen molar-refractivity contribution in [3.63, 3.8) is 0 Å². The lowest BCUT2D eigenvalue weighted by molar-refractivity contribution is 0.123. The average Bonchev–Trinajstić information content (AvgIpc) is 2.69. The molecule has 0 bridgehead atoms. The summed E-state index contributed by atoms with van der Waals surface area (Å²) in [6.45, 7) is 3.12. The number of hydrogen-bond donors (Lipinski definition) is 0. The number of ether oxygens (including phenoxy) is 1. The molecule has 1 aliphatic rings. The Morgan fingerprint density at radius 2 is 1.44 bits per heavy atom. The molecule has 1 fully saturated rings. The van der Waals surface area contributed by atoms with E-state index in [9.17, 15) is 4.79 Å². The summed E-state index contributed by atoms with van der Waals surface area (Å²) in [5.41, 5.74) is 3.52. The van der Waals surface area contributed by atoms with Crippen LogP contribution in [0.15, 0.2) is 71.5 Å². The van der Waals surface area contributed by atoms with Gasteiger partial charge in [0.25, 0.3) is 0 Å². The molecule has 0 saturated carbocycles. The first-order valence-electron chi connectivity index (χ1n) is 8.43. The van der Waals surface area contributed by atoms with Crippen molar-refractivity contribution in [2.45, 2.75) is 0 Å². The fourth-order valence-electron chi connectivity index (χ4n) is 3.00. The van der Waals surface area contributed by atoms with E-state index in [4.69, 9.17) is 4.74 Å². The van der Waals surface area contributed by atoms with E-state index in [-0.39, 0.29) is 5.43 Å². The molecule has 1 saturated heterocycles. The number of hydrogen-bond acceptors (Lipinski definition) is 4. The molecule has 0 unspecified atom stereocenters. The third kappa shape index (κ3) is 3.65. The third-order valence-electron chi connectivity index (χ3n) is 4.35. The van der Waals surface area contributed by atoms with Gasteiger partial charge < -0.3 is 9.64 Å². The molecule has 1 aliphatic heterocycles. The number of morpholine rings is 1. The first kappa shape index (κ1) is 16.1. The van der Waals surface area contributed by atoms with Gasteiger partial charge >= 0.3 is 0 Å². The molecule has 0 amide bonds. The summed E-state index contributed by atoms with van der Waals surface area (Å²) in [7, 11) is 0. The molecule has 25 heavy (non-hydrogen) atoms. The molecule has 0 atom stereocenters. The van der Waals surface area contributed by atoms with E-state index in [0.717, 1.165) is 41.7 Å². The molecule has 4 rings (SSSR count). The van der Waals surface area contributed by atoms with Gasteiger partial charge in [0.15, 0.2) is 5.43 Å². The lowest BCUT2D eigenvalue weighted by Crippen LogP contribution is -2.36. The van der Waals surface area contributed by atoms with Crippen LogP contribution in [0.1, 0.15) is 0 Å². The van der Waals surface area contributed by atoms with E-state index in [2.05, 4.69) is 41.3 Å². The van der Waals surface area contributed by atoms with Gasteiger partial charge in [0.1, 0.15) is 0 Å². The van der Waals surface area contributed by atoms with Gasteiger partial charge in [0.05, 0.1) is 18.2 Å². The van der Waals surface area contributed by atoms with Crippen molar-refractivity contribution in [2.24, 2.45) is 0 Å². The fourth-order valence-corrected chi connectivity index (χ4v) is 4.14. The summed E-state index contributed by atoms with van der Waals surface area (Å²) in [6.07, 6.45) is 0. The first-order valence-corrected chi connectivity index (χ1v) is 9.25. The predicted octanol–water partition coefficient (Wildman–Crippen LogP) is 4.28. The van der Waals surface area contributed by atoms with Crippen LogP contribution in [-0.4, -0.2) is 26.3 Å². The summed E-state index contributed by atoms with van der Waals surface area (Å²) >= 11 is 1.67. The van der Waals surface area contributed by atoms with Crippen LogP contribution in [0.4, 0.5) is 5.00 Å². The van der Waals surface area contributed by atoms with Gasteiger partial charge in [-0.2, -0.15) is 0 Å². The zero-order valence-electron chi connectivity index (χ0n) is 13.9. The Kier molecular flexibility index (Phi) is 4.63. The van der Waals surface area contributed by atoms with E-state index in [1.165, 1.54) is 11.1 Å². The van der Waals surface area contributed by atoms with Gasteiger partial charge in [0, 0.05) is 30.1 Å². The molecule has 2 heterocycles. The molecule has 0 radical (unpaired) electrons. The van der Waals surface area contributed by atoms with Gasteiger partial charge in [0.2, 0.25) is 0 Å². The van der Waals surface area contributed by atoms with Crippen LogP contribution in [0.25, 0.3) is 21.6 Å². The minimum Gasteiger partial charge on any atom is -0.378 e. The maximum absolute atomic E-state index is 12.2. The topological polar surface area (TPSA) is 29.5 Å². The van der Waals surface area contributed by atoms with Crippen molar-refractivity contribution in [3.8, 4) is 21.6 Å². The fraction of sp³-hybridized carbons (Fsp3) is 0.190. The quantitative estimate of drug-likeness (QED) is 0.707. The lowest BCUT2D eigenvalue weighted by atomic mass is 10.0. The average molecular weight is 349 g/mol. The van der Waals surface area contributed by atoms with Crippen LogP contribution in [0.3, 0.4) is 0 Å². The Bertz CT molecular complexity index is 897. The molecule has 1 aromatic heterocycles. The van der Waals surface area contributed by atoms with Gasteiger partial charge in [-0.15, -0.1) is 11.3 Å². The van der Waals surface area contributed by atoms with Crippen LogP contribution >= 0.6 is 11.3 Å². The molecule has 0 spiro atoms. The molecule has 126 valence electrons. The summed E-state index contributed by atoms with van der Waals surface area (Å²) in [5.74, 6) is 0. The standard InChI is InChI=1S/C21H19NO2S/c23-19-14-20(25-21(15-19)22-10-12-24-13-11-22)18-8-6-17(7-9-18)16-4-2-1-3-5-16/h1-9,14-15H,10-13H2. The Morgan fingerprint density at radius 1 is 0.800 bits per heavy atom.